The zero-order chi connectivity index (χ0) is 12.3. The number of anilines is 1. The van der Waals surface area contributed by atoms with E-state index in [4.69, 9.17) is 22.4 Å². The quantitative estimate of drug-likeness (QED) is 0.689. The summed E-state index contributed by atoms with van der Waals surface area (Å²) in [5, 5.41) is 10.7. The Labute approximate surface area is 95.0 Å². The van der Waals surface area contributed by atoms with Crippen molar-refractivity contribution in [2.75, 3.05) is 5.32 Å². The number of benzene rings is 1. The highest BCUT2D eigenvalue weighted by Crippen LogP contribution is 2.19. The molecule has 5 nitrogen and oxygen atoms in total. The molecule has 0 aromatic heterocycles. The summed E-state index contributed by atoms with van der Waals surface area (Å²) >= 11 is 5.58. The lowest BCUT2D eigenvalue weighted by molar-refractivity contribution is -0.141. The number of aliphatic carboxylic acids is 1. The molecule has 0 heterocycles. The van der Waals surface area contributed by atoms with Crippen molar-refractivity contribution in [3.63, 3.8) is 0 Å². The van der Waals surface area contributed by atoms with Crippen molar-refractivity contribution in [2.24, 2.45) is 5.73 Å². The molecule has 0 aliphatic rings. The van der Waals surface area contributed by atoms with E-state index in [1.807, 2.05) is 5.32 Å². The molecule has 4 N–H and O–H groups in total. The zero-order valence-corrected chi connectivity index (χ0v) is 8.66. The fourth-order valence-electron chi connectivity index (χ4n) is 0.916. The third-order valence-corrected chi connectivity index (χ3v) is 1.97. The molecule has 0 saturated heterocycles. The van der Waals surface area contributed by atoms with Gasteiger partial charge in [0.1, 0.15) is 5.82 Å². The molecule has 1 atom stereocenters. The first-order valence-corrected chi connectivity index (χ1v) is 4.54. The van der Waals surface area contributed by atoms with Gasteiger partial charge >= 0.3 is 5.97 Å². The van der Waals surface area contributed by atoms with Gasteiger partial charge in [0, 0.05) is 5.02 Å². The molecule has 86 valence electrons. The molecule has 0 aliphatic carbocycles. The zero-order valence-electron chi connectivity index (χ0n) is 7.91. The predicted molar refractivity (Wildman–Crippen MR) is 55.7 cm³/mol. The van der Waals surface area contributed by atoms with Crippen LogP contribution in [0.3, 0.4) is 0 Å². The third-order valence-electron chi connectivity index (χ3n) is 1.73. The lowest BCUT2D eigenvalue weighted by Crippen LogP contribution is -2.42. The van der Waals surface area contributed by atoms with Gasteiger partial charge in [-0.25, -0.2) is 9.18 Å². The Balaban J connectivity index is 2.84. The maximum atomic E-state index is 13.1. The molecule has 0 saturated carbocycles. The summed E-state index contributed by atoms with van der Waals surface area (Å²) < 4.78 is 13.1. The Bertz CT molecular complexity index is 439. The SMILES string of the molecule is NC(C(=O)O)C(=O)Nc1cc(Cl)ccc1F. The van der Waals surface area contributed by atoms with E-state index in [1.165, 1.54) is 6.07 Å². The second kappa shape index (κ2) is 4.91. The first-order valence-electron chi connectivity index (χ1n) is 4.16. The molecule has 0 fully saturated rings. The maximum absolute atomic E-state index is 13.1. The highest BCUT2D eigenvalue weighted by molar-refractivity contribution is 6.31. The normalized spacial score (nSPS) is 11.9. The van der Waals surface area contributed by atoms with E-state index in [9.17, 15) is 14.0 Å². The summed E-state index contributed by atoms with van der Waals surface area (Å²) in [4.78, 5) is 21.6. The first-order chi connectivity index (χ1) is 7.41. The topological polar surface area (TPSA) is 92.4 Å². The number of halogens is 2. The van der Waals surface area contributed by atoms with Crippen molar-refractivity contribution in [3.8, 4) is 0 Å². The van der Waals surface area contributed by atoms with Crippen molar-refractivity contribution < 1.29 is 19.1 Å². The van der Waals surface area contributed by atoms with Crippen LogP contribution in [0.15, 0.2) is 18.2 Å². The minimum absolute atomic E-state index is 0.209. The summed E-state index contributed by atoms with van der Waals surface area (Å²) in [6.07, 6.45) is 0. The lowest BCUT2D eigenvalue weighted by Gasteiger charge is -2.09. The molecule has 16 heavy (non-hydrogen) atoms. The molecular formula is C9H8ClFN2O3. The van der Waals surface area contributed by atoms with Crippen molar-refractivity contribution in [2.45, 2.75) is 6.04 Å². The third kappa shape index (κ3) is 2.91. The molecule has 0 bridgehead atoms. The van der Waals surface area contributed by atoms with Gasteiger partial charge in [-0.1, -0.05) is 11.6 Å². The van der Waals surface area contributed by atoms with E-state index in [-0.39, 0.29) is 10.7 Å². The van der Waals surface area contributed by atoms with Crippen molar-refractivity contribution in [1.29, 1.82) is 0 Å². The van der Waals surface area contributed by atoms with E-state index >= 15 is 0 Å². The van der Waals surface area contributed by atoms with Gasteiger partial charge in [0.25, 0.3) is 5.91 Å². The molecule has 0 aliphatic heterocycles. The van der Waals surface area contributed by atoms with Crippen molar-refractivity contribution >= 4 is 29.2 Å². The smallest absolute Gasteiger partial charge is 0.330 e. The van der Waals surface area contributed by atoms with Gasteiger partial charge in [-0.15, -0.1) is 0 Å². The molecule has 1 amide bonds. The Morgan fingerprint density at radius 3 is 2.69 bits per heavy atom. The number of rotatable bonds is 3. The first kappa shape index (κ1) is 12.4. The van der Waals surface area contributed by atoms with Crippen LogP contribution in [0, 0.1) is 5.82 Å². The molecule has 1 unspecified atom stereocenters. The fourth-order valence-corrected chi connectivity index (χ4v) is 1.09. The fraction of sp³-hybridized carbons (Fsp3) is 0.111. The van der Waals surface area contributed by atoms with E-state index < -0.39 is 23.7 Å². The molecule has 7 heteroatoms. The number of carboxylic acid groups (broad SMARTS) is 1. The van der Waals surface area contributed by atoms with Gasteiger partial charge < -0.3 is 16.2 Å². The second-order valence-electron chi connectivity index (χ2n) is 2.93. The number of carbonyl (C=O) groups excluding carboxylic acids is 1. The average molecular weight is 247 g/mol. The highest BCUT2D eigenvalue weighted by Gasteiger charge is 2.22. The van der Waals surface area contributed by atoms with Crippen LogP contribution in [0.4, 0.5) is 10.1 Å². The van der Waals surface area contributed by atoms with Gasteiger partial charge in [0.15, 0.2) is 6.04 Å². The van der Waals surface area contributed by atoms with Gasteiger partial charge in [0.05, 0.1) is 5.69 Å². The molecule has 0 spiro atoms. The Morgan fingerprint density at radius 1 is 1.50 bits per heavy atom. The predicted octanol–water partition coefficient (Wildman–Crippen LogP) is 0.829. The van der Waals surface area contributed by atoms with Crippen LogP contribution in [-0.4, -0.2) is 23.0 Å². The van der Waals surface area contributed by atoms with Gasteiger partial charge in [0.2, 0.25) is 0 Å². The second-order valence-corrected chi connectivity index (χ2v) is 3.37. The molecule has 1 aromatic rings. The maximum Gasteiger partial charge on any atom is 0.330 e. The van der Waals surface area contributed by atoms with Gasteiger partial charge in [-0.3, -0.25) is 4.79 Å². The van der Waals surface area contributed by atoms with Crippen LogP contribution in [0.25, 0.3) is 0 Å². The molecular weight excluding hydrogens is 239 g/mol. The summed E-state index contributed by atoms with van der Waals surface area (Å²) in [7, 11) is 0. The number of amides is 1. The number of hydrogen-bond acceptors (Lipinski definition) is 3. The van der Waals surface area contributed by atoms with Crippen LogP contribution in [0.5, 0.6) is 0 Å². The lowest BCUT2D eigenvalue weighted by atomic mass is 10.2. The summed E-state index contributed by atoms with van der Waals surface area (Å²) in [5.74, 6) is -3.25. The number of nitrogens with one attached hydrogen (secondary N) is 1. The Kier molecular flexibility index (Phi) is 3.81. The van der Waals surface area contributed by atoms with Crippen LogP contribution in [-0.2, 0) is 9.59 Å². The van der Waals surface area contributed by atoms with Crippen LogP contribution < -0.4 is 11.1 Å². The summed E-state index contributed by atoms with van der Waals surface area (Å²) in [6, 6.07) is 1.75. The Hall–Kier alpha value is -1.66. The standard InChI is InChI=1S/C9H8ClFN2O3/c10-4-1-2-5(11)6(3-4)13-8(14)7(12)9(15)16/h1-3,7H,12H2,(H,13,14)(H,15,16). The Morgan fingerprint density at radius 2 is 2.12 bits per heavy atom. The monoisotopic (exact) mass is 246 g/mol. The minimum atomic E-state index is -1.75. The molecule has 1 rings (SSSR count). The van der Waals surface area contributed by atoms with E-state index in [0.29, 0.717) is 0 Å². The number of hydrogen-bond donors (Lipinski definition) is 3. The van der Waals surface area contributed by atoms with E-state index in [2.05, 4.69) is 0 Å². The van der Waals surface area contributed by atoms with Crippen LogP contribution in [0.1, 0.15) is 0 Å². The van der Waals surface area contributed by atoms with Crippen LogP contribution in [0.2, 0.25) is 5.02 Å². The average Bonchev–Trinajstić information content (AvgIpc) is 2.22. The minimum Gasteiger partial charge on any atom is -0.480 e. The number of nitrogens with two attached hydrogens (primary N) is 1. The highest BCUT2D eigenvalue weighted by atomic mass is 35.5. The summed E-state index contributed by atoms with van der Waals surface area (Å²) in [5.41, 5.74) is 4.82. The van der Waals surface area contributed by atoms with Crippen molar-refractivity contribution in [3.05, 3.63) is 29.0 Å². The van der Waals surface area contributed by atoms with Crippen LogP contribution >= 0.6 is 11.6 Å². The van der Waals surface area contributed by atoms with Gasteiger partial charge in [-0.2, -0.15) is 0 Å². The number of carbonyl (C=O) groups is 2. The van der Waals surface area contributed by atoms with Gasteiger partial charge in [-0.05, 0) is 18.2 Å². The molecule has 0 radical (unpaired) electrons. The summed E-state index contributed by atoms with van der Waals surface area (Å²) in [6.45, 7) is 0. The molecule has 1 aromatic carbocycles. The van der Waals surface area contributed by atoms with E-state index in [0.717, 1.165) is 12.1 Å². The van der Waals surface area contributed by atoms with E-state index in [1.54, 1.807) is 0 Å². The number of carboxylic acids is 1. The largest absolute Gasteiger partial charge is 0.480 e. The van der Waals surface area contributed by atoms with Crippen molar-refractivity contribution in [1.82, 2.24) is 0 Å².